The molecule has 156 valence electrons. The lowest BCUT2D eigenvalue weighted by atomic mass is 10.0. The minimum Gasteiger partial charge on any atom is -0.302 e. The van der Waals surface area contributed by atoms with Crippen LogP contribution in [-0.2, 0) is 17.6 Å². The van der Waals surface area contributed by atoms with Crippen molar-refractivity contribution in [1.82, 2.24) is 4.98 Å². The lowest BCUT2D eigenvalue weighted by molar-refractivity contribution is -0.115. The highest BCUT2D eigenvalue weighted by Gasteiger charge is 2.10. The third-order valence-electron chi connectivity index (χ3n) is 5.43. The molecular weight excluding hydrogens is 412 g/mol. The average molecular weight is 435 g/mol. The summed E-state index contributed by atoms with van der Waals surface area (Å²) in [6, 6.07) is 33.2. The zero-order valence-corrected chi connectivity index (χ0v) is 18.3. The zero-order chi connectivity index (χ0) is 21.8. The molecule has 0 fully saturated rings. The first-order chi connectivity index (χ1) is 15.7. The second-order valence-corrected chi connectivity index (χ2v) is 8.66. The number of hydrogen-bond donors (Lipinski definition) is 1. The Hall–Kier alpha value is -3.76. The maximum atomic E-state index is 12.5. The molecule has 1 amide bonds. The van der Waals surface area contributed by atoms with E-state index in [0.717, 1.165) is 28.6 Å². The number of carbonyl (C=O) groups excluding carboxylic acids is 1. The fraction of sp³-hybridized carbons (Fsp3) is 0.0714. The van der Waals surface area contributed by atoms with Gasteiger partial charge < -0.3 is 5.32 Å². The van der Waals surface area contributed by atoms with Gasteiger partial charge in [0.2, 0.25) is 5.91 Å². The van der Waals surface area contributed by atoms with E-state index in [1.165, 1.54) is 27.8 Å². The van der Waals surface area contributed by atoms with Gasteiger partial charge in [-0.25, -0.2) is 4.98 Å². The Morgan fingerprint density at radius 2 is 1.44 bits per heavy atom. The molecule has 3 nitrogen and oxygen atoms in total. The van der Waals surface area contributed by atoms with Gasteiger partial charge >= 0.3 is 0 Å². The first-order valence-corrected chi connectivity index (χ1v) is 11.5. The number of aromatic nitrogens is 1. The molecule has 0 saturated heterocycles. The SMILES string of the molecule is O=C(Cc1ccc2ccccc2c1)Nc1nc(-c2ccc(Cc3ccccc3)cc2)cs1. The predicted octanol–water partition coefficient (Wildman–Crippen LogP) is 6.74. The monoisotopic (exact) mass is 434 g/mol. The highest BCUT2D eigenvalue weighted by Crippen LogP contribution is 2.26. The Morgan fingerprint density at radius 3 is 2.25 bits per heavy atom. The maximum absolute atomic E-state index is 12.5. The van der Waals surface area contributed by atoms with E-state index in [4.69, 9.17) is 0 Å². The van der Waals surface area contributed by atoms with Crippen molar-refractivity contribution in [2.75, 3.05) is 5.32 Å². The fourth-order valence-electron chi connectivity index (χ4n) is 3.79. The van der Waals surface area contributed by atoms with Crippen LogP contribution in [-0.4, -0.2) is 10.9 Å². The number of carbonyl (C=O) groups is 1. The summed E-state index contributed by atoms with van der Waals surface area (Å²) in [4.78, 5) is 17.1. The van der Waals surface area contributed by atoms with Gasteiger partial charge in [-0.05, 0) is 33.9 Å². The number of nitrogens with zero attached hydrogens (tertiary/aromatic N) is 1. The number of nitrogens with one attached hydrogen (secondary N) is 1. The number of thiazole rings is 1. The molecule has 0 aliphatic rings. The molecule has 4 heteroatoms. The molecule has 0 saturated carbocycles. The lowest BCUT2D eigenvalue weighted by Gasteiger charge is -2.04. The molecule has 0 bridgehead atoms. The van der Waals surface area contributed by atoms with Gasteiger partial charge in [-0.1, -0.05) is 97.1 Å². The lowest BCUT2D eigenvalue weighted by Crippen LogP contribution is -2.14. The van der Waals surface area contributed by atoms with Crippen molar-refractivity contribution in [2.45, 2.75) is 12.8 Å². The van der Waals surface area contributed by atoms with Gasteiger partial charge in [-0.3, -0.25) is 4.79 Å². The summed E-state index contributed by atoms with van der Waals surface area (Å²) in [5, 5.41) is 7.87. The van der Waals surface area contributed by atoms with E-state index in [-0.39, 0.29) is 5.91 Å². The topological polar surface area (TPSA) is 42.0 Å². The summed E-state index contributed by atoms with van der Waals surface area (Å²) in [7, 11) is 0. The number of anilines is 1. The van der Waals surface area contributed by atoms with Crippen LogP contribution in [0.3, 0.4) is 0 Å². The molecule has 4 aromatic carbocycles. The van der Waals surface area contributed by atoms with Gasteiger partial charge in [0, 0.05) is 10.9 Å². The van der Waals surface area contributed by atoms with Crippen LogP contribution in [0.15, 0.2) is 102 Å². The van der Waals surface area contributed by atoms with E-state index in [1.54, 1.807) is 0 Å². The van der Waals surface area contributed by atoms with E-state index in [2.05, 4.69) is 83.1 Å². The molecule has 1 heterocycles. The highest BCUT2D eigenvalue weighted by atomic mass is 32.1. The summed E-state index contributed by atoms with van der Waals surface area (Å²) >= 11 is 1.45. The predicted molar refractivity (Wildman–Crippen MR) is 133 cm³/mol. The summed E-state index contributed by atoms with van der Waals surface area (Å²) < 4.78 is 0. The smallest absolute Gasteiger partial charge is 0.230 e. The third-order valence-corrected chi connectivity index (χ3v) is 6.19. The molecule has 32 heavy (non-hydrogen) atoms. The molecule has 0 aliphatic carbocycles. The van der Waals surface area contributed by atoms with E-state index in [1.807, 2.05) is 29.6 Å². The number of hydrogen-bond acceptors (Lipinski definition) is 3. The van der Waals surface area contributed by atoms with Crippen LogP contribution in [0.25, 0.3) is 22.0 Å². The first-order valence-electron chi connectivity index (χ1n) is 10.6. The largest absolute Gasteiger partial charge is 0.302 e. The standard InChI is InChI=1S/C28H22N2OS/c31-27(18-22-12-13-23-8-4-5-9-25(23)17-22)30-28-29-26(19-32-28)24-14-10-21(11-15-24)16-20-6-2-1-3-7-20/h1-15,17,19H,16,18H2,(H,29,30,31). The molecule has 1 N–H and O–H groups in total. The van der Waals surface area contributed by atoms with E-state index >= 15 is 0 Å². The fourth-order valence-corrected chi connectivity index (χ4v) is 4.52. The van der Waals surface area contributed by atoms with Crippen LogP contribution in [0.4, 0.5) is 5.13 Å². The summed E-state index contributed by atoms with van der Waals surface area (Å²) in [5.41, 5.74) is 5.48. The van der Waals surface area contributed by atoms with Crippen LogP contribution < -0.4 is 5.32 Å². The van der Waals surface area contributed by atoms with Crippen LogP contribution in [0, 0.1) is 0 Å². The molecule has 0 unspecified atom stereocenters. The van der Waals surface area contributed by atoms with Crippen molar-refractivity contribution in [1.29, 1.82) is 0 Å². The van der Waals surface area contributed by atoms with Crippen LogP contribution in [0.1, 0.15) is 16.7 Å². The van der Waals surface area contributed by atoms with E-state index < -0.39 is 0 Å². The second-order valence-electron chi connectivity index (χ2n) is 7.80. The van der Waals surface area contributed by atoms with Crippen molar-refractivity contribution in [3.63, 3.8) is 0 Å². The Labute approximate surface area is 191 Å². The van der Waals surface area contributed by atoms with Gasteiger partial charge in [0.25, 0.3) is 0 Å². The van der Waals surface area contributed by atoms with Crippen molar-refractivity contribution in [3.05, 3.63) is 119 Å². The summed E-state index contributed by atoms with van der Waals surface area (Å²) in [6.07, 6.45) is 1.24. The quantitative estimate of drug-likeness (QED) is 0.322. The van der Waals surface area contributed by atoms with Gasteiger partial charge in [0.1, 0.15) is 0 Å². The molecule has 0 spiro atoms. The molecule has 5 aromatic rings. The van der Waals surface area contributed by atoms with E-state index in [9.17, 15) is 4.79 Å². The van der Waals surface area contributed by atoms with Crippen molar-refractivity contribution in [2.24, 2.45) is 0 Å². The van der Waals surface area contributed by atoms with Crippen LogP contribution in [0.5, 0.6) is 0 Å². The van der Waals surface area contributed by atoms with Crippen LogP contribution >= 0.6 is 11.3 Å². The number of amides is 1. The minimum atomic E-state index is -0.0561. The maximum Gasteiger partial charge on any atom is 0.230 e. The Balaban J connectivity index is 1.22. The zero-order valence-electron chi connectivity index (χ0n) is 17.5. The molecule has 0 aliphatic heterocycles. The normalized spacial score (nSPS) is 10.9. The molecule has 5 rings (SSSR count). The van der Waals surface area contributed by atoms with Crippen molar-refractivity contribution in [3.8, 4) is 11.3 Å². The molecule has 1 aromatic heterocycles. The number of fused-ring (bicyclic) bond motifs is 1. The average Bonchev–Trinajstić information content (AvgIpc) is 3.28. The minimum absolute atomic E-state index is 0.0561. The van der Waals surface area contributed by atoms with Crippen molar-refractivity contribution < 1.29 is 4.79 Å². The van der Waals surface area contributed by atoms with Gasteiger partial charge in [-0.15, -0.1) is 11.3 Å². The van der Waals surface area contributed by atoms with Crippen LogP contribution in [0.2, 0.25) is 0 Å². The Kier molecular flexibility index (Phi) is 5.77. The first kappa shape index (κ1) is 20.2. The summed E-state index contributed by atoms with van der Waals surface area (Å²) in [6.45, 7) is 0. The molecule has 0 radical (unpaired) electrons. The Bertz CT molecular complexity index is 1360. The molecular formula is C28H22N2OS. The molecule has 0 atom stereocenters. The van der Waals surface area contributed by atoms with Gasteiger partial charge in [0.05, 0.1) is 12.1 Å². The second kappa shape index (κ2) is 9.16. The van der Waals surface area contributed by atoms with Crippen molar-refractivity contribution >= 4 is 33.1 Å². The number of rotatable bonds is 6. The van der Waals surface area contributed by atoms with Gasteiger partial charge in [-0.2, -0.15) is 0 Å². The highest BCUT2D eigenvalue weighted by molar-refractivity contribution is 7.14. The van der Waals surface area contributed by atoms with E-state index in [0.29, 0.717) is 11.6 Å². The Morgan fingerprint density at radius 1 is 0.750 bits per heavy atom. The third kappa shape index (κ3) is 4.76. The number of benzene rings is 4. The summed E-state index contributed by atoms with van der Waals surface area (Å²) in [5.74, 6) is -0.0561. The van der Waals surface area contributed by atoms with Gasteiger partial charge in [0.15, 0.2) is 5.13 Å².